The minimum Gasteiger partial charge on any atom is -0.358 e. The fraction of sp³-hybridized carbons (Fsp3) is 0.409. The molecule has 2 aliphatic heterocycles. The van der Waals surface area contributed by atoms with Crippen molar-refractivity contribution >= 4 is 17.3 Å². The van der Waals surface area contributed by atoms with E-state index in [1.807, 2.05) is 37.4 Å². The fourth-order valence-corrected chi connectivity index (χ4v) is 4.56. The van der Waals surface area contributed by atoms with Crippen LogP contribution in [0.3, 0.4) is 0 Å². The van der Waals surface area contributed by atoms with Crippen LogP contribution in [-0.2, 0) is 4.79 Å². The lowest BCUT2D eigenvalue weighted by Crippen LogP contribution is -3.11. The van der Waals surface area contributed by atoms with E-state index in [-0.39, 0.29) is 5.91 Å². The molecule has 1 amide bonds. The van der Waals surface area contributed by atoms with Crippen molar-refractivity contribution < 1.29 is 9.69 Å². The van der Waals surface area contributed by atoms with Gasteiger partial charge in [-0.25, -0.2) is 0 Å². The number of hydrogen-bond acceptors (Lipinski definition) is 2. The third-order valence-electron chi connectivity index (χ3n) is 6.02. The molecule has 3 atom stereocenters. The zero-order valence-electron chi connectivity index (χ0n) is 15.9. The summed E-state index contributed by atoms with van der Waals surface area (Å²) in [7, 11) is 4.16. The van der Waals surface area contributed by atoms with E-state index in [0.29, 0.717) is 18.5 Å². The molecule has 2 heterocycles. The molecule has 1 fully saturated rings. The standard InChI is InChI=1S/C22H27N3O/c1-16-9-10-20-18(13-16)19-14-23(2)12-11-21(19)25(20)15-22(26)24(3)17-7-5-4-6-8-17/h4-10,13,19,21H,11-12,14-15H2,1-3H3/p+1/t19-,21-/m1/s1. The van der Waals surface area contributed by atoms with Crippen LogP contribution in [0.5, 0.6) is 0 Å². The van der Waals surface area contributed by atoms with Gasteiger partial charge in [0.1, 0.15) is 0 Å². The summed E-state index contributed by atoms with van der Waals surface area (Å²) in [6, 6.07) is 17.1. The Balaban J connectivity index is 1.61. The number of likely N-dealkylation sites (N-methyl/N-ethyl adjacent to an activating group) is 2. The topological polar surface area (TPSA) is 28.0 Å². The van der Waals surface area contributed by atoms with E-state index in [9.17, 15) is 4.79 Å². The van der Waals surface area contributed by atoms with Gasteiger partial charge in [-0.1, -0.05) is 35.9 Å². The van der Waals surface area contributed by atoms with E-state index in [2.05, 4.69) is 37.1 Å². The molecule has 4 nitrogen and oxygen atoms in total. The van der Waals surface area contributed by atoms with Crippen molar-refractivity contribution in [1.29, 1.82) is 0 Å². The Kier molecular flexibility index (Phi) is 4.45. The molecule has 0 aliphatic carbocycles. The summed E-state index contributed by atoms with van der Waals surface area (Å²) in [5.74, 6) is 0.683. The lowest BCUT2D eigenvalue weighted by atomic mass is 9.89. The van der Waals surface area contributed by atoms with Gasteiger partial charge in [-0.2, -0.15) is 0 Å². The number of benzene rings is 2. The molecule has 0 saturated carbocycles. The lowest BCUT2D eigenvalue weighted by molar-refractivity contribution is -0.886. The SMILES string of the molecule is Cc1ccc2c(c1)[C@H]1C[NH+](C)CC[C@H]1N2CC(=O)N(C)c1ccccc1. The number of aryl methyl sites for hydroxylation is 1. The van der Waals surface area contributed by atoms with Gasteiger partial charge < -0.3 is 14.7 Å². The number of fused-ring (bicyclic) bond motifs is 3. The predicted octanol–water partition coefficient (Wildman–Crippen LogP) is 1.85. The van der Waals surface area contributed by atoms with Crippen LogP contribution in [0.4, 0.5) is 11.4 Å². The molecule has 0 bridgehead atoms. The van der Waals surface area contributed by atoms with Gasteiger partial charge in [0.05, 0.1) is 32.6 Å². The molecule has 4 heteroatoms. The van der Waals surface area contributed by atoms with Crippen LogP contribution >= 0.6 is 0 Å². The molecule has 1 saturated heterocycles. The Morgan fingerprint density at radius 2 is 2.00 bits per heavy atom. The van der Waals surface area contributed by atoms with Crippen LogP contribution in [0.1, 0.15) is 23.5 Å². The van der Waals surface area contributed by atoms with Crippen molar-refractivity contribution in [3.63, 3.8) is 0 Å². The highest BCUT2D eigenvalue weighted by molar-refractivity contribution is 5.96. The lowest BCUT2D eigenvalue weighted by Gasteiger charge is -2.35. The van der Waals surface area contributed by atoms with Crippen molar-refractivity contribution in [1.82, 2.24) is 0 Å². The molecule has 0 radical (unpaired) electrons. The third-order valence-corrected chi connectivity index (χ3v) is 6.02. The number of hydrogen-bond donors (Lipinski definition) is 1. The van der Waals surface area contributed by atoms with E-state index in [1.165, 1.54) is 23.4 Å². The van der Waals surface area contributed by atoms with Crippen LogP contribution < -0.4 is 14.7 Å². The molecular weight excluding hydrogens is 322 g/mol. The van der Waals surface area contributed by atoms with Gasteiger partial charge in [0.15, 0.2) is 0 Å². The smallest absolute Gasteiger partial charge is 0.246 e. The molecule has 0 spiro atoms. The summed E-state index contributed by atoms with van der Waals surface area (Å²) in [6.07, 6.45) is 1.15. The second-order valence-corrected chi connectivity index (χ2v) is 7.85. The number of rotatable bonds is 3. The number of nitrogens with one attached hydrogen (secondary N) is 1. The van der Waals surface area contributed by atoms with Crippen molar-refractivity contribution in [3.8, 4) is 0 Å². The highest BCUT2D eigenvalue weighted by Gasteiger charge is 2.43. The van der Waals surface area contributed by atoms with Gasteiger partial charge in [-0.3, -0.25) is 4.79 Å². The van der Waals surface area contributed by atoms with Crippen LogP contribution in [0.25, 0.3) is 0 Å². The van der Waals surface area contributed by atoms with Gasteiger partial charge >= 0.3 is 0 Å². The van der Waals surface area contributed by atoms with Crippen molar-refractivity contribution in [2.24, 2.45) is 0 Å². The number of para-hydroxylation sites is 1. The minimum absolute atomic E-state index is 0.148. The highest BCUT2D eigenvalue weighted by Crippen LogP contribution is 2.42. The Labute approximate surface area is 156 Å². The van der Waals surface area contributed by atoms with E-state index < -0.39 is 0 Å². The first kappa shape index (κ1) is 17.1. The zero-order valence-corrected chi connectivity index (χ0v) is 15.9. The maximum Gasteiger partial charge on any atom is 0.246 e. The van der Waals surface area contributed by atoms with Gasteiger partial charge in [-0.05, 0) is 30.7 Å². The van der Waals surface area contributed by atoms with Gasteiger partial charge in [0.25, 0.3) is 0 Å². The van der Waals surface area contributed by atoms with Gasteiger partial charge in [0.2, 0.25) is 5.91 Å². The summed E-state index contributed by atoms with van der Waals surface area (Å²) in [4.78, 5) is 18.7. The van der Waals surface area contributed by atoms with Crippen LogP contribution in [0.2, 0.25) is 0 Å². The predicted molar refractivity (Wildman–Crippen MR) is 106 cm³/mol. The van der Waals surface area contributed by atoms with Crippen LogP contribution in [0.15, 0.2) is 48.5 Å². The molecule has 136 valence electrons. The second-order valence-electron chi connectivity index (χ2n) is 7.85. The third kappa shape index (κ3) is 2.99. The van der Waals surface area contributed by atoms with Gasteiger partial charge in [-0.15, -0.1) is 0 Å². The normalized spacial score (nSPS) is 24.1. The van der Waals surface area contributed by atoms with Crippen molar-refractivity contribution in [2.45, 2.75) is 25.3 Å². The van der Waals surface area contributed by atoms with E-state index in [1.54, 1.807) is 9.80 Å². The Hall–Kier alpha value is -2.33. The molecule has 0 aromatic heterocycles. The number of piperidine rings is 1. The summed E-state index contributed by atoms with van der Waals surface area (Å²) >= 11 is 0. The number of likely N-dealkylation sites (tertiary alicyclic amines) is 1. The maximum absolute atomic E-state index is 13.0. The highest BCUT2D eigenvalue weighted by atomic mass is 16.2. The molecular formula is C22H28N3O+. The van der Waals surface area contributed by atoms with E-state index in [4.69, 9.17) is 0 Å². The fourth-order valence-electron chi connectivity index (χ4n) is 4.56. The van der Waals surface area contributed by atoms with Crippen LogP contribution in [-0.4, -0.2) is 45.7 Å². The molecule has 2 aromatic carbocycles. The summed E-state index contributed by atoms with van der Waals surface area (Å²) < 4.78 is 0. The molecule has 2 aliphatic rings. The summed E-state index contributed by atoms with van der Waals surface area (Å²) in [5.41, 5.74) is 4.95. The maximum atomic E-state index is 13.0. The average Bonchev–Trinajstić information content (AvgIpc) is 2.94. The largest absolute Gasteiger partial charge is 0.358 e. The molecule has 1 unspecified atom stereocenters. The molecule has 1 N–H and O–H groups in total. The Morgan fingerprint density at radius 1 is 1.23 bits per heavy atom. The second kappa shape index (κ2) is 6.76. The number of amides is 1. The monoisotopic (exact) mass is 350 g/mol. The molecule has 2 aromatic rings. The van der Waals surface area contributed by atoms with Gasteiger partial charge in [0, 0.05) is 30.9 Å². The number of carbonyl (C=O) groups excluding carboxylic acids is 1. The quantitative estimate of drug-likeness (QED) is 0.915. The first-order valence-corrected chi connectivity index (χ1v) is 9.54. The number of carbonyl (C=O) groups is 1. The van der Waals surface area contributed by atoms with E-state index >= 15 is 0 Å². The molecule has 26 heavy (non-hydrogen) atoms. The minimum atomic E-state index is 0.148. The zero-order chi connectivity index (χ0) is 18.3. The average molecular weight is 350 g/mol. The van der Waals surface area contributed by atoms with E-state index in [0.717, 1.165) is 18.7 Å². The first-order valence-electron chi connectivity index (χ1n) is 9.54. The van der Waals surface area contributed by atoms with Crippen molar-refractivity contribution in [2.75, 3.05) is 43.5 Å². The van der Waals surface area contributed by atoms with Crippen LogP contribution in [0, 0.1) is 6.92 Å². The summed E-state index contributed by atoms with van der Waals surface area (Å²) in [6.45, 7) is 4.93. The molecule has 4 rings (SSSR count). The Morgan fingerprint density at radius 3 is 2.77 bits per heavy atom. The Bertz CT molecular complexity index is 804. The number of anilines is 2. The summed E-state index contributed by atoms with van der Waals surface area (Å²) in [5, 5.41) is 0. The van der Waals surface area contributed by atoms with Crippen molar-refractivity contribution in [3.05, 3.63) is 59.7 Å². The number of nitrogens with zero attached hydrogens (tertiary/aromatic N) is 2. The number of quaternary nitrogens is 1. The first-order chi connectivity index (χ1) is 12.5.